The molecule has 0 aliphatic rings. The van der Waals surface area contributed by atoms with E-state index in [0.29, 0.717) is 0 Å². The average molecular weight is 855 g/mol. The van der Waals surface area contributed by atoms with E-state index in [0.717, 1.165) is 83.5 Å². The normalized spacial score (nSPS) is 11.6. The molecule has 3 heteroatoms. The van der Waals surface area contributed by atoms with Crippen molar-refractivity contribution in [1.82, 2.24) is 4.57 Å². The zero-order valence-corrected chi connectivity index (χ0v) is 36.6. The summed E-state index contributed by atoms with van der Waals surface area (Å²) in [4.78, 5) is 2.42. The van der Waals surface area contributed by atoms with E-state index in [1.165, 1.54) is 38.3 Å². The highest BCUT2D eigenvalue weighted by Crippen LogP contribution is 2.46. The summed E-state index contributed by atoms with van der Waals surface area (Å²) in [6.45, 7) is 0. The van der Waals surface area contributed by atoms with Crippen molar-refractivity contribution in [3.63, 3.8) is 0 Å². The predicted octanol–water partition coefficient (Wildman–Crippen LogP) is 18.0. The summed E-state index contributed by atoms with van der Waals surface area (Å²) in [5, 5.41) is 7.04. The molecule has 13 rings (SSSR count). The number of rotatable bonds is 8. The monoisotopic (exact) mass is 854 g/mol. The molecule has 0 aliphatic carbocycles. The third kappa shape index (κ3) is 6.59. The van der Waals surface area contributed by atoms with E-state index in [1.54, 1.807) is 0 Å². The zero-order chi connectivity index (χ0) is 44.3. The van der Waals surface area contributed by atoms with Crippen molar-refractivity contribution < 1.29 is 4.42 Å². The van der Waals surface area contributed by atoms with Gasteiger partial charge in [0.1, 0.15) is 11.2 Å². The van der Waals surface area contributed by atoms with Crippen LogP contribution >= 0.6 is 0 Å². The highest BCUT2D eigenvalue weighted by molar-refractivity contribution is 6.19. The Morgan fingerprint density at radius 2 is 0.925 bits per heavy atom. The van der Waals surface area contributed by atoms with Gasteiger partial charge in [0.15, 0.2) is 0 Å². The first-order chi connectivity index (χ1) is 33.2. The quantitative estimate of drug-likeness (QED) is 0.152. The summed E-state index contributed by atoms with van der Waals surface area (Å²) < 4.78 is 9.04. The van der Waals surface area contributed by atoms with Crippen molar-refractivity contribution in [1.29, 1.82) is 0 Å². The molecule has 0 bridgehead atoms. The summed E-state index contributed by atoms with van der Waals surface area (Å²) in [5.41, 5.74) is 17.7. The number of para-hydroxylation sites is 2. The minimum Gasteiger partial charge on any atom is -0.455 e. The van der Waals surface area contributed by atoms with Crippen LogP contribution in [-0.2, 0) is 0 Å². The highest BCUT2D eigenvalue weighted by atomic mass is 16.3. The van der Waals surface area contributed by atoms with Gasteiger partial charge in [0.2, 0.25) is 0 Å². The van der Waals surface area contributed by atoms with Crippen LogP contribution in [0.3, 0.4) is 0 Å². The van der Waals surface area contributed by atoms with Gasteiger partial charge < -0.3 is 13.9 Å². The van der Waals surface area contributed by atoms with Gasteiger partial charge in [-0.2, -0.15) is 0 Å². The van der Waals surface area contributed by atoms with Crippen LogP contribution in [0.25, 0.3) is 105 Å². The third-order valence-corrected chi connectivity index (χ3v) is 13.4. The van der Waals surface area contributed by atoms with Crippen molar-refractivity contribution in [2.75, 3.05) is 4.90 Å². The van der Waals surface area contributed by atoms with E-state index in [-0.39, 0.29) is 0 Å². The topological polar surface area (TPSA) is 21.3 Å². The first-order valence-electron chi connectivity index (χ1n) is 22.9. The van der Waals surface area contributed by atoms with E-state index in [2.05, 4.69) is 264 Å². The van der Waals surface area contributed by atoms with Crippen LogP contribution in [0.4, 0.5) is 17.1 Å². The van der Waals surface area contributed by atoms with Crippen molar-refractivity contribution in [2.45, 2.75) is 0 Å². The fraction of sp³-hybridized carbons (Fsp3) is 0. The molecule has 11 aromatic carbocycles. The van der Waals surface area contributed by atoms with Crippen molar-refractivity contribution in [2.24, 2.45) is 0 Å². The number of furan rings is 1. The highest BCUT2D eigenvalue weighted by Gasteiger charge is 2.21. The molecule has 2 aromatic heterocycles. The van der Waals surface area contributed by atoms with Gasteiger partial charge in [-0.15, -0.1) is 0 Å². The SMILES string of the molecule is c1ccc(-c2ccc(N(c3ccc(-c4cccc(-n5c6ccccc6c6ccccc65)c4)cc3)c3cccc(-c4cccc5oc6c7ccccc7ccc6c45)c3)c(-c3ccccc3)c2)cc1. The Labute approximate surface area is 388 Å². The van der Waals surface area contributed by atoms with Gasteiger partial charge in [-0.05, 0) is 117 Å². The molecule has 3 nitrogen and oxygen atoms in total. The molecule has 13 aromatic rings. The van der Waals surface area contributed by atoms with Gasteiger partial charge >= 0.3 is 0 Å². The lowest BCUT2D eigenvalue weighted by Crippen LogP contribution is -2.11. The molecule has 0 saturated carbocycles. The molecule has 0 fully saturated rings. The molecule has 0 N–H and O–H groups in total. The standard InChI is InChI=1S/C64H42N2O/c1-3-16-43(17-4-1)48-35-39-61(58(42-48)45-18-5-2-6-19-45)65(51-23-14-22-49(41-51)53-28-15-31-62-63(53)57-38-34-46-20-7-8-25-54(46)64(57)67-62)50-36-32-44(33-37-50)47-21-13-24-52(40-47)66-59-29-11-9-26-55(59)56-27-10-12-30-60(56)66/h1-42H. The van der Waals surface area contributed by atoms with Crippen LogP contribution in [0, 0.1) is 0 Å². The lowest BCUT2D eigenvalue weighted by molar-refractivity contribution is 0.673. The van der Waals surface area contributed by atoms with Crippen molar-refractivity contribution in [3.05, 3.63) is 255 Å². The van der Waals surface area contributed by atoms with E-state index in [4.69, 9.17) is 4.42 Å². The Kier molecular flexibility index (Phi) is 9.17. The van der Waals surface area contributed by atoms with Gasteiger partial charge in [0.05, 0.1) is 16.7 Å². The summed E-state index contributed by atoms with van der Waals surface area (Å²) in [5.74, 6) is 0. The molecule has 314 valence electrons. The van der Waals surface area contributed by atoms with Crippen LogP contribution in [0.5, 0.6) is 0 Å². The second-order valence-electron chi connectivity index (χ2n) is 17.3. The maximum absolute atomic E-state index is 6.66. The summed E-state index contributed by atoms with van der Waals surface area (Å²) in [7, 11) is 0. The number of anilines is 3. The van der Waals surface area contributed by atoms with Crippen LogP contribution in [0.1, 0.15) is 0 Å². The van der Waals surface area contributed by atoms with E-state index in [9.17, 15) is 0 Å². The Morgan fingerprint density at radius 3 is 1.70 bits per heavy atom. The van der Waals surface area contributed by atoms with Crippen molar-refractivity contribution >= 4 is 71.6 Å². The minimum absolute atomic E-state index is 0.881. The molecule has 2 heterocycles. The molecule has 0 amide bonds. The Morgan fingerprint density at radius 1 is 0.328 bits per heavy atom. The summed E-state index contributed by atoms with van der Waals surface area (Å²) in [6.07, 6.45) is 0. The molecular formula is C64H42N2O. The van der Waals surface area contributed by atoms with Gasteiger partial charge in [-0.25, -0.2) is 0 Å². The van der Waals surface area contributed by atoms with E-state index in [1.807, 2.05) is 0 Å². The lowest BCUT2D eigenvalue weighted by Gasteiger charge is -2.29. The Balaban J connectivity index is 0.971. The fourth-order valence-corrected chi connectivity index (χ4v) is 10.3. The first kappa shape index (κ1) is 38.5. The van der Waals surface area contributed by atoms with Crippen LogP contribution in [0.15, 0.2) is 259 Å². The zero-order valence-electron chi connectivity index (χ0n) is 36.6. The molecule has 0 spiro atoms. The predicted molar refractivity (Wildman–Crippen MR) is 282 cm³/mol. The third-order valence-electron chi connectivity index (χ3n) is 13.4. The maximum Gasteiger partial charge on any atom is 0.143 e. The second kappa shape index (κ2) is 16.0. The molecule has 0 atom stereocenters. The van der Waals surface area contributed by atoms with E-state index >= 15 is 0 Å². The molecule has 0 unspecified atom stereocenters. The van der Waals surface area contributed by atoms with Crippen LogP contribution in [-0.4, -0.2) is 4.57 Å². The molecule has 67 heavy (non-hydrogen) atoms. The number of benzene rings is 11. The summed E-state index contributed by atoms with van der Waals surface area (Å²) >= 11 is 0. The van der Waals surface area contributed by atoms with Crippen LogP contribution < -0.4 is 4.90 Å². The second-order valence-corrected chi connectivity index (χ2v) is 17.3. The number of nitrogens with zero attached hydrogens (tertiary/aromatic N) is 2. The van der Waals surface area contributed by atoms with Gasteiger partial charge in [-0.1, -0.05) is 182 Å². The number of hydrogen-bond donors (Lipinski definition) is 0. The fourth-order valence-electron chi connectivity index (χ4n) is 10.3. The molecule has 0 aliphatic heterocycles. The smallest absolute Gasteiger partial charge is 0.143 e. The van der Waals surface area contributed by atoms with Crippen LogP contribution in [0.2, 0.25) is 0 Å². The number of aromatic nitrogens is 1. The van der Waals surface area contributed by atoms with E-state index < -0.39 is 0 Å². The molecule has 0 radical (unpaired) electrons. The van der Waals surface area contributed by atoms with Crippen molar-refractivity contribution in [3.8, 4) is 50.2 Å². The maximum atomic E-state index is 6.66. The average Bonchev–Trinajstić information content (AvgIpc) is 3.96. The van der Waals surface area contributed by atoms with Gasteiger partial charge in [-0.3, -0.25) is 0 Å². The minimum atomic E-state index is 0.881. The Bertz CT molecular complexity index is 3920. The number of fused-ring (bicyclic) bond motifs is 8. The van der Waals surface area contributed by atoms with Gasteiger partial charge in [0.25, 0.3) is 0 Å². The lowest BCUT2D eigenvalue weighted by atomic mass is 9.95. The largest absolute Gasteiger partial charge is 0.455 e. The van der Waals surface area contributed by atoms with Gasteiger partial charge in [0, 0.05) is 49.6 Å². The molecule has 0 saturated heterocycles. The Hall–Kier alpha value is -8.92. The molecular weight excluding hydrogens is 813 g/mol. The first-order valence-corrected chi connectivity index (χ1v) is 22.9. The number of hydrogen-bond acceptors (Lipinski definition) is 2. The summed E-state index contributed by atoms with van der Waals surface area (Å²) in [6, 6.07) is 91.9.